The predicted molar refractivity (Wildman–Crippen MR) is 114 cm³/mol. The molecule has 0 fully saturated rings. The first-order valence-electron chi connectivity index (χ1n) is 8.22. The molecule has 2 N–H and O–H groups in total. The van der Waals surface area contributed by atoms with Crippen LogP contribution in [-0.4, -0.2) is 33.3 Å². The highest BCUT2D eigenvalue weighted by Crippen LogP contribution is 2.33. The lowest BCUT2D eigenvalue weighted by molar-refractivity contribution is 0.0977. The highest BCUT2D eigenvalue weighted by atomic mass is 35.5. The minimum atomic E-state index is -0.526. The zero-order valence-corrected chi connectivity index (χ0v) is 17.9. The Labute approximate surface area is 181 Å². The maximum Gasteiger partial charge on any atom is 0.263 e. The van der Waals surface area contributed by atoms with E-state index >= 15 is 0 Å². The second-order valence-electron chi connectivity index (χ2n) is 5.87. The molecule has 0 aliphatic heterocycles. The second-order valence-corrected chi connectivity index (χ2v) is 7.12. The minimum absolute atomic E-state index is 0.00333. The van der Waals surface area contributed by atoms with E-state index in [0.717, 1.165) is 0 Å². The number of rotatable bonds is 4. The summed E-state index contributed by atoms with van der Waals surface area (Å²) in [5.74, 6) is 0.334. The number of aryl methyl sites for hydroxylation is 2. The highest BCUT2D eigenvalue weighted by molar-refractivity contribution is 7.80. The standard InChI is InChI=1S/C18H15Cl2N5O3S/c1-8-6-13(27-3)22-17(21-8)24-18(29)23-16(26)14-9(2)28-25-15(14)11-5-4-10(19)7-12(11)20/h4-7H,1-3H3,(H2,21,22,23,24,26,29). The zero-order valence-electron chi connectivity index (χ0n) is 15.5. The van der Waals surface area contributed by atoms with Crippen molar-refractivity contribution in [3.63, 3.8) is 0 Å². The first kappa shape index (κ1) is 21.0. The molecule has 1 aromatic carbocycles. The van der Waals surface area contributed by atoms with Gasteiger partial charge in [0.05, 0.1) is 12.1 Å². The molecule has 3 rings (SSSR count). The molecule has 0 unspecified atom stereocenters. The van der Waals surface area contributed by atoms with Crippen molar-refractivity contribution in [1.29, 1.82) is 0 Å². The second kappa shape index (κ2) is 8.73. The SMILES string of the molecule is COc1cc(C)nc(NC(=S)NC(=O)c2c(-c3ccc(Cl)cc3Cl)noc2C)n1. The van der Waals surface area contributed by atoms with Crippen molar-refractivity contribution < 1.29 is 14.1 Å². The van der Waals surface area contributed by atoms with E-state index in [9.17, 15) is 4.79 Å². The van der Waals surface area contributed by atoms with E-state index in [-0.39, 0.29) is 22.3 Å². The molecule has 0 radical (unpaired) electrons. The molecule has 0 bridgehead atoms. The van der Waals surface area contributed by atoms with E-state index in [1.165, 1.54) is 7.11 Å². The summed E-state index contributed by atoms with van der Waals surface area (Å²) < 4.78 is 10.3. The third kappa shape index (κ3) is 4.81. The number of anilines is 1. The third-order valence-corrected chi connectivity index (χ3v) is 4.52. The maximum absolute atomic E-state index is 12.8. The maximum atomic E-state index is 12.8. The van der Waals surface area contributed by atoms with Crippen LogP contribution >= 0.6 is 35.4 Å². The van der Waals surface area contributed by atoms with Crippen LogP contribution in [0.3, 0.4) is 0 Å². The number of nitrogens with one attached hydrogen (secondary N) is 2. The van der Waals surface area contributed by atoms with Gasteiger partial charge in [-0.25, -0.2) is 4.98 Å². The van der Waals surface area contributed by atoms with E-state index in [1.54, 1.807) is 38.1 Å². The molecule has 0 saturated heterocycles. The van der Waals surface area contributed by atoms with Gasteiger partial charge in [-0.15, -0.1) is 0 Å². The average Bonchev–Trinajstić information content (AvgIpc) is 3.02. The molecule has 2 aromatic heterocycles. The number of ether oxygens (including phenoxy) is 1. The fourth-order valence-electron chi connectivity index (χ4n) is 2.50. The van der Waals surface area contributed by atoms with Crippen molar-refractivity contribution in [1.82, 2.24) is 20.4 Å². The molecule has 0 atom stereocenters. The molecular formula is C18H15Cl2N5O3S. The molecule has 29 heavy (non-hydrogen) atoms. The fourth-order valence-corrected chi connectivity index (χ4v) is 3.19. The summed E-state index contributed by atoms with van der Waals surface area (Å²) in [4.78, 5) is 21.1. The normalized spacial score (nSPS) is 10.5. The Kier molecular flexibility index (Phi) is 6.31. The zero-order chi connectivity index (χ0) is 21.1. The molecule has 1 amide bonds. The quantitative estimate of drug-likeness (QED) is 0.569. The van der Waals surface area contributed by atoms with Crippen LogP contribution in [0.5, 0.6) is 5.88 Å². The first-order valence-corrected chi connectivity index (χ1v) is 9.38. The smallest absolute Gasteiger partial charge is 0.263 e. The van der Waals surface area contributed by atoms with Crippen LogP contribution in [0.4, 0.5) is 5.95 Å². The number of hydrogen-bond acceptors (Lipinski definition) is 7. The summed E-state index contributed by atoms with van der Waals surface area (Å²) in [5.41, 5.74) is 1.64. The van der Waals surface area contributed by atoms with Crippen molar-refractivity contribution in [3.05, 3.63) is 51.3 Å². The van der Waals surface area contributed by atoms with Gasteiger partial charge in [0.25, 0.3) is 5.91 Å². The number of carbonyl (C=O) groups is 1. The Morgan fingerprint density at radius 2 is 1.97 bits per heavy atom. The van der Waals surface area contributed by atoms with Gasteiger partial charge in [0.1, 0.15) is 17.0 Å². The monoisotopic (exact) mass is 451 g/mol. The van der Waals surface area contributed by atoms with Crippen LogP contribution in [0.15, 0.2) is 28.8 Å². The van der Waals surface area contributed by atoms with Gasteiger partial charge < -0.3 is 14.6 Å². The van der Waals surface area contributed by atoms with Gasteiger partial charge >= 0.3 is 0 Å². The number of halogens is 2. The number of nitrogens with zero attached hydrogens (tertiary/aromatic N) is 3. The number of methoxy groups -OCH3 is 1. The van der Waals surface area contributed by atoms with Gasteiger partial charge in [-0.1, -0.05) is 28.4 Å². The lowest BCUT2D eigenvalue weighted by Crippen LogP contribution is -2.35. The number of amides is 1. The van der Waals surface area contributed by atoms with Gasteiger partial charge in [-0.05, 0) is 44.3 Å². The van der Waals surface area contributed by atoms with E-state index < -0.39 is 5.91 Å². The Morgan fingerprint density at radius 3 is 2.66 bits per heavy atom. The molecular weight excluding hydrogens is 437 g/mol. The van der Waals surface area contributed by atoms with Crippen LogP contribution < -0.4 is 15.4 Å². The van der Waals surface area contributed by atoms with Crippen LogP contribution in [-0.2, 0) is 0 Å². The van der Waals surface area contributed by atoms with Gasteiger partial charge in [0.2, 0.25) is 11.8 Å². The topological polar surface area (TPSA) is 102 Å². The van der Waals surface area contributed by atoms with Crippen molar-refractivity contribution >= 4 is 52.4 Å². The van der Waals surface area contributed by atoms with Crippen LogP contribution in [0.25, 0.3) is 11.3 Å². The Balaban J connectivity index is 1.82. The highest BCUT2D eigenvalue weighted by Gasteiger charge is 2.24. The van der Waals surface area contributed by atoms with Gasteiger partial charge in [-0.2, -0.15) is 4.98 Å². The minimum Gasteiger partial charge on any atom is -0.481 e. The molecule has 0 aliphatic carbocycles. The van der Waals surface area contributed by atoms with Crippen LogP contribution in [0, 0.1) is 13.8 Å². The van der Waals surface area contributed by atoms with Crippen LogP contribution in [0.2, 0.25) is 10.0 Å². The molecule has 2 heterocycles. The molecule has 0 saturated carbocycles. The van der Waals surface area contributed by atoms with E-state index in [0.29, 0.717) is 32.9 Å². The summed E-state index contributed by atoms with van der Waals surface area (Å²) in [6.45, 7) is 3.39. The molecule has 8 nitrogen and oxygen atoms in total. The lowest BCUT2D eigenvalue weighted by atomic mass is 10.1. The summed E-state index contributed by atoms with van der Waals surface area (Å²) in [7, 11) is 1.49. The Bertz CT molecular complexity index is 1100. The van der Waals surface area contributed by atoms with Gasteiger partial charge in [0, 0.05) is 22.3 Å². The van der Waals surface area contributed by atoms with Crippen LogP contribution in [0.1, 0.15) is 21.8 Å². The number of benzene rings is 1. The number of aromatic nitrogens is 3. The van der Waals surface area contributed by atoms with E-state index in [1.807, 2.05) is 0 Å². The largest absolute Gasteiger partial charge is 0.481 e. The molecule has 0 aliphatic rings. The third-order valence-electron chi connectivity index (χ3n) is 3.77. The first-order chi connectivity index (χ1) is 13.8. The average molecular weight is 452 g/mol. The van der Waals surface area contributed by atoms with Gasteiger partial charge in [-0.3, -0.25) is 10.1 Å². The molecule has 0 spiro atoms. The number of hydrogen-bond donors (Lipinski definition) is 2. The summed E-state index contributed by atoms with van der Waals surface area (Å²) >= 11 is 17.4. The van der Waals surface area contributed by atoms with Crippen molar-refractivity contribution in [2.45, 2.75) is 13.8 Å². The summed E-state index contributed by atoms with van der Waals surface area (Å²) in [6.07, 6.45) is 0. The number of thiocarbonyl (C=S) groups is 1. The fraction of sp³-hybridized carbons (Fsp3) is 0.167. The molecule has 150 valence electrons. The Hall–Kier alpha value is -2.75. The lowest BCUT2D eigenvalue weighted by Gasteiger charge is -2.10. The number of carbonyl (C=O) groups excluding carboxylic acids is 1. The van der Waals surface area contributed by atoms with E-state index in [2.05, 4.69) is 25.8 Å². The van der Waals surface area contributed by atoms with Crippen molar-refractivity contribution in [2.75, 3.05) is 12.4 Å². The molecule has 3 aromatic rings. The Morgan fingerprint density at radius 1 is 1.21 bits per heavy atom. The predicted octanol–water partition coefficient (Wildman–Crippen LogP) is 4.19. The molecule has 11 heteroatoms. The van der Waals surface area contributed by atoms with Crippen molar-refractivity contribution in [3.8, 4) is 17.1 Å². The summed E-state index contributed by atoms with van der Waals surface area (Å²) in [6, 6.07) is 6.51. The van der Waals surface area contributed by atoms with Crippen molar-refractivity contribution in [2.24, 2.45) is 0 Å². The van der Waals surface area contributed by atoms with Gasteiger partial charge in [0.15, 0.2) is 5.11 Å². The summed E-state index contributed by atoms with van der Waals surface area (Å²) in [5, 5.41) is 10.1. The van der Waals surface area contributed by atoms with E-state index in [4.69, 9.17) is 44.7 Å².